The zero-order valence-corrected chi connectivity index (χ0v) is 11.3. The van der Waals surface area contributed by atoms with Gasteiger partial charge in [-0.25, -0.2) is 0 Å². The molecule has 0 aliphatic rings. The summed E-state index contributed by atoms with van der Waals surface area (Å²) in [6.45, 7) is 2.16. The van der Waals surface area contributed by atoms with Crippen molar-refractivity contribution in [1.29, 1.82) is 0 Å². The number of aliphatic carboxylic acids is 1. The second-order valence-electron chi connectivity index (χ2n) is 4.80. The van der Waals surface area contributed by atoms with Crippen LogP contribution >= 0.6 is 0 Å². The number of aliphatic hydroxyl groups excluding tert-OH is 1. The zero-order chi connectivity index (χ0) is 14.1. The Morgan fingerprint density at radius 3 is 2.53 bits per heavy atom. The zero-order valence-electron chi connectivity index (χ0n) is 11.3. The number of benzene rings is 1. The predicted molar refractivity (Wildman–Crippen MR) is 72.8 cm³/mol. The fraction of sp³-hybridized carbons (Fsp3) is 0.533. The quantitative estimate of drug-likeness (QED) is 0.721. The Balaban J connectivity index is 2.38. The van der Waals surface area contributed by atoms with E-state index in [9.17, 15) is 9.90 Å². The number of carboxylic acids is 1. The predicted octanol–water partition coefficient (Wildman–Crippen LogP) is 2.60. The van der Waals surface area contributed by atoms with Crippen LogP contribution in [-0.4, -0.2) is 28.4 Å². The van der Waals surface area contributed by atoms with Crippen molar-refractivity contribution in [3.8, 4) is 0 Å². The van der Waals surface area contributed by atoms with Crippen LogP contribution in [0, 0.1) is 0 Å². The maximum atomic E-state index is 10.8. The molecule has 106 valence electrons. The topological polar surface area (TPSA) is 66.8 Å². The standard InChI is InChI=1S/C15H22O4/c1-12(16)6-5-9-14(10-15(17)18)19-11-13-7-3-2-4-8-13/h2-4,7-8,12,14,16H,5-6,9-11H2,1H3,(H,17,18)/t12-,14+/m1/s1. The molecule has 4 heteroatoms. The minimum Gasteiger partial charge on any atom is -0.481 e. The van der Waals surface area contributed by atoms with Gasteiger partial charge in [0.05, 0.1) is 25.2 Å². The van der Waals surface area contributed by atoms with Gasteiger partial charge in [0.1, 0.15) is 0 Å². The largest absolute Gasteiger partial charge is 0.481 e. The molecule has 0 saturated heterocycles. The van der Waals surface area contributed by atoms with E-state index in [4.69, 9.17) is 9.84 Å². The average molecular weight is 266 g/mol. The van der Waals surface area contributed by atoms with Gasteiger partial charge < -0.3 is 14.9 Å². The van der Waals surface area contributed by atoms with Gasteiger partial charge in [0.25, 0.3) is 0 Å². The summed E-state index contributed by atoms with van der Waals surface area (Å²) in [4.78, 5) is 10.8. The van der Waals surface area contributed by atoms with Gasteiger partial charge >= 0.3 is 5.97 Å². The number of rotatable bonds is 9. The minimum absolute atomic E-state index is 0.00659. The fourth-order valence-corrected chi connectivity index (χ4v) is 1.87. The van der Waals surface area contributed by atoms with E-state index >= 15 is 0 Å². The van der Waals surface area contributed by atoms with Crippen LogP contribution in [0.5, 0.6) is 0 Å². The molecule has 1 aromatic carbocycles. The summed E-state index contributed by atoms with van der Waals surface area (Å²) in [5.74, 6) is -0.852. The average Bonchev–Trinajstić information content (AvgIpc) is 2.36. The third-order valence-electron chi connectivity index (χ3n) is 2.88. The molecular weight excluding hydrogens is 244 g/mol. The van der Waals surface area contributed by atoms with Gasteiger partial charge in [0.2, 0.25) is 0 Å². The van der Waals surface area contributed by atoms with E-state index in [1.165, 1.54) is 0 Å². The molecule has 1 rings (SSSR count). The van der Waals surface area contributed by atoms with Crippen molar-refractivity contribution in [2.45, 2.75) is 51.4 Å². The Morgan fingerprint density at radius 1 is 1.26 bits per heavy atom. The maximum Gasteiger partial charge on any atom is 0.305 e. The monoisotopic (exact) mass is 266 g/mol. The second kappa shape index (κ2) is 8.67. The molecule has 0 aromatic heterocycles. The van der Waals surface area contributed by atoms with Gasteiger partial charge in [-0.3, -0.25) is 4.79 Å². The van der Waals surface area contributed by atoms with Gasteiger partial charge in [-0.2, -0.15) is 0 Å². The molecule has 0 radical (unpaired) electrons. The van der Waals surface area contributed by atoms with Crippen molar-refractivity contribution < 1.29 is 19.7 Å². The van der Waals surface area contributed by atoms with E-state index in [-0.39, 0.29) is 18.6 Å². The van der Waals surface area contributed by atoms with Gasteiger partial charge in [0, 0.05) is 0 Å². The van der Waals surface area contributed by atoms with Crippen molar-refractivity contribution >= 4 is 5.97 Å². The lowest BCUT2D eigenvalue weighted by Gasteiger charge is -2.16. The highest BCUT2D eigenvalue weighted by molar-refractivity contribution is 5.67. The number of ether oxygens (including phenoxy) is 1. The number of hydrogen-bond acceptors (Lipinski definition) is 3. The SMILES string of the molecule is C[C@@H](O)CCC[C@@H](CC(=O)O)OCc1ccccc1. The summed E-state index contributed by atoms with van der Waals surface area (Å²) in [6, 6.07) is 9.69. The van der Waals surface area contributed by atoms with Crippen LogP contribution < -0.4 is 0 Å². The van der Waals surface area contributed by atoms with E-state index in [1.54, 1.807) is 6.92 Å². The van der Waals surface area contributed by atoms with Crippen molar-refractivity contribution in [2.24, 2.45) is 0 Å². The van der Waals surface area contributed by atoms with Gasteiger partial charge in [-0.15, -0.1) is 0 Å². The van der Waals surface area contributed by atoms with Crippen molar-refractivity contribution in [3.05, 3.63) is 35.9 Å². The highest BCUT2D eigenvalue weighted by Gasteiger charge is 2.14. The van der Waals surface area contributed by atoms with Crippen LogP contribution in [0.3, 0.4) is 0 Å². The Kier molecular flexibility index (Phi) is 7.15. The highest BCUT2D eigenvalue weighted by atomic mass is 16.5. The van der Waals surface area contributed by atoms with Crippen molar-refractivity contribution in [1.82, 2.24) is 0 Å². The molecule has 0 aliphatic carbocycles. The van der Waals surface area contributed by atoms with Crippen LogP contribution in [-0.2, 0) is 16.1 Å². The first-order chi connectivity index (χ1) is 9.08. The van der Waals surface area contributed by atoms with Crippen molar-refractivity contribution in [3.63, 3.8) is 0 Å². The highest BCUT2D eigenvalue weighted by Crippen LogP contribution is 2.13. The number of carboxylic acid groups (broad SMARTS) is 1. The molecular formula is C15H22O4. The minimum atomic E-state index is -0.852. The molecule has 19 heavy (non-hydrogen) atoms. The maximum absolute atomic E-state index is 10.8. The molecule has 0 bridgehead atoms. The van der Waals surface area contributed by atoms with Gasteiger partial charge in [0.15, 0.2) is 0 Å². The lowest BCUT2D eigenvalue weighted by molar-refractivity contribution is -0.140. The summed E-state index contributed by atoms with van der Waals surface area (Å²) in [5.41, 5.74) is 1.04. The van der Waals surface area contributed by atoms with E-state index in [0.29, 0.717) is 19.4 Å². The van der Waals surface area contributed by atoms with Crippen molar-refractivity contribution in [2.75, 3.05) is 0 Å². The van der Waals surface area contributed by atoms with E-state index < -0.39 is 5.97 Å². The third-order valence-corrected chi connectivity index (χ3v) is 2.88. The van der Waals surface area contributed by atoms with Crippen LogP contribution in [0.4, 0.5) is 0 Å². The molecule has 0 spiro atoms. The first-order valence-corrected chi connectivity index (χ1v) is 6.63. The first-order valence-electron chi connectivity index (χ1n) is 6.63. The lowest BCUT2D eigenvalue weighted by Crippen LogP contribution is -2.18. The Labute approximate surface area is 114 Å². The Hall–Kier alpha value is -1.39. The van der Waals surface area contributed by atoms with Gasteiger partial charge in [-0.1, -0.05) is 30.3 Å². The molecule has 0 unspecified atom stereocenters. The molecule has 2 N–H and O–H groups in total. The Bertz CT molecular complexity index is 362. The molecule has 0 aliphatic heterocycles. The second-order valence-corrected chi connectivity index (χ2v) is 4.80. The molecule has 0 saturated carbocycles. The van der Waals surface area contributed by atoms with E-state index in [2.05, 4.69) is 0 Å². The first kappa shape index (κ1) is 15.7. The lowest BCUT2D eigenvalue weighted by atomic mass is 10.1. The number of hydrogen-bond donors (Lipinski definition) is 2. The molecule has 4 nitrogen and oxygen atoms in total. The summed E-state index contributed by atoms with van der Waals surface area (Å²) in [7, 11) is 0. The number of aliphatic hydroxyl groups is 1. The van der Waals surface area contributed by atoms with Crippen LogP contribution in [0.15, 0.2) is 30.3 Å². The summed E-state index contributed by atoms with van der Waals surface area (Å²) >= 11 is 0. The molecule has 0 fully saturated rings. The molecule has 1 aromatic rings. The fourth-order valence-electron chi connectivity index (χ4n) is 1.87. The summed E-state index contributed by atoms with van der Waals surface area (Å²) in [6.07, 6.45) is 1.46. The molecule has 0 heterocycles. The summed E-state index contributed by atoms with van der Waals surface area (Å²) < 4.78 is 5.66. The molecule has 2 atom stereocenters. The van der Waals surface area contributed by atoms with E-state index in [0.717, 1.165) is 12.0 Å². The van der Waals surface area contributed by atoms with Crippen LogP contribution in [0.1, 0.15) is 38.2 Å². The molecule has 0 amide bonds. The smallest absolute Gasteiger partial charge is 0.305 e. The number of carbonyl (C=O) groups is 1. The Morgan fingerprint density at radius 2 is 1.95 bits per heavy atom. The van der Waals surface area contributed by atoms with Gasteiger partial charge in [-0.05, 0) is 31.7 Å². The normalized spacial score (nSPS) is 14.0. The summed E-state index contributed by atoms with van der Waals surface area (Å²) in [5, 5.41) is 18.1. The van der Waals surface area contributed by atoms with E-state index in [1.807, 2.05) is 30.3 Å². The van der Waals surface area contributed by atoms with Crippen LogP contribution in [0.2, 0.25) is 0 Å². The van der Waals surface area contributed by atoms with Crippen LogP contribution in [0.25, 0.3) is 0 Å². The third kappa shape index (κ3) is 7.59.